The molecule has 1 aromatic heterocycles. The first kappa shape index (κ1) is 14.4. The van der Waals surface area contributed by atoms with Crippen LogP contribution in [0.25, 0.3) is 0 Å². The van der Waals surface area contributed by atoms with Crippen LogP contribution in [0.2, 0.25) is 0 Å². The molecule has 0 bridgehead atoms. The van der Waals surface area contributed by atoms with E-state index in [1.54, 1.807) is 31.5 Å². The van der Waals surface area contributed by atoms with Gasteiger partial charge >= 0.3 is 0 Å². The van der Waals surface area contributed by atoms with Gasteiger partial charge in [-0.2, -0.15) is 0 Å². The lowest BCUT2D eigenvalue weighted by Gasteiger charge is -2.18. The van der Waals surface area contributed by atoms with Gasteiger partial charge < -0.3 is 11.1 Å². The molecule has 0 aliphatic carbocycles. The van der Waals surface area contributed by atoms with E-state index >= 15 is 0 Å². The predicted octanol–water partition coefficient (Wildman–Crippen LogP) is 3.34. The Bertz CT molecular complexity index is 643. The maximum absolute atomic E-state index is 13.6. The van der Waals surface area contributed by atoms with Crippen LogP contribution in [0.1, 0.15) is 29.7 Å². The minimum absolute atomic E-state index is 0.0811. The maximum atomic E-state index is 13.6. The molecule has 1 atom stereocenters. The first-order valence-corrected chi connectivity index (χ1v) is 6.66. The van der Waals surface area contributed by atoms with Gasteiger partial charge in [0.15, 0.2) is 0 Å². The zero-order chi connectivity index (χ0) is 14.7. The molecule has 0 amide bonds. The summed E-state index contributed by atoms with van der Waals surface area (Å²) in [6.07, 6.45) is 3.30. The van der Waals surface area contributed by atoms with Crippen LogP contribution in [0.3, 0.4) is 0 Å². The molecule has 0 saturated heterocycles. The standard InChI is InChI=1S/C15H16FN3S/c1-9-3-4-11(7-13(9)16)10(2)19-14-8-18-6-5-12(14)15(17)20/h3-8,10,19H,1-2H3,(H2,17,20). The van der Waals surface area contributed by atoms with Crippen molar-refractivity contribution < 1.29 is 4.39 Å². The summed E-state index contributed by atoms with van der Waals surface area (Å²) in [4.78, 5) is 4.36. The SMILES string of the molecule is Cc1ccc(C(C)Nc2cnccc2C(N)=S)cc1F. The van der Waals surface area contributed by atoms with Crippen LogP contribution in [0.15, 0.2) is 36.7 Å². The molecule has 0 saturated carbocycles. The van der Waals surface area contributed by atoms with Gasteiger partial charge in [-0.05, 0) is 37.1 Å². The van der Waals surface area contributed by atoms with E-state index in [-0.39, 0.29) is 11.9 Å². The molecular weight excluding hydrogens is 273 g/mol. The van der Waals surface area contributed by atoms with E-state index in [0.717, 1.165) is 16.8 Å². The van der Waals surface area contributed by atoms with Crippen LogP contribution in [-0.2, 0) is 0 Å². The predicted molar refractivity (Wildman–Crippen MR) is 83.3 cm³/mol. The van der Waals surface area contributed by atoms with Crippen molar-refractivity contribution in [3.63, 3.8) is 0 Å². The van der Waals surface area contributed by atoms with E-state index in [1.165, 1.54) is 6.07 Å². The minimum Gasteiger partial charge on any atom is -0.389 e. The number of halogens is 1. The van der Waals surface area contributed by atoms with Crippen LogP contribution in [-0.4, -0.2) is 9.97 Å². The van der Waals surface area contributed by atoms with Crippen molar-refractivity contribution in [3.8, 4) is 0 Å². The summed E-state index contributed by atoms with van der Waals surface area (Å²) >= 11 is 5.01. The highest BCUT2D eigenvalue weighted by atomic mass is 32.1. The first-order chi connectivity index (χ1) is 9.49. The fraction of sp³-hybridized carbons (Fsp3) is 0.200. The first-order valence-electron chi connectivity index (χ1n) is 6.25. The van der Waals surface area contributed by atoms with Crippen LogP contribution in [0.4, 0.5) is 10.1 Å². The summed E-state index contributed by atoms with van der Waals surface area (Å²) in [5.41, 5.74) is 8.63. The number of aryl methyl sites for hydroxylation is 1. The number of nitrogens with zero attached hydrogens (tertiary/aromatic N) is 1. The van der Waals surface area contributed by atoms with E-state index in [0.29, 0.717) is 10.6 Å². The van der Waals surface area contributed by atoms with Crippen LogP contribution in [0.5, 0.6) is 0 Å². The van der Waals surface area contributed by atoms with Gasteiger partial charge in [0.1, 0.15) is 10.8 Å². The maximum Gasteiger partial charge on any atom is 0.126 e. The Morgan fingerprint density at radius 3 is 2.80 bits per heavy atom. The van der Waals surface area contributed by atoms with Crippen LogP contribution < -0.4 is 11.1 Å². The molecule has 20 heavy (non-hydrogen) atoms. The number of anilines is 1. The molecule has 1 aromatic carbocycles. The lowest BCUT2D eigenvalue weighted by atomic mass is 10.1. The molecule has 104 valence electrons. The van der Waals surface area contributed by atoms with E-state index < -0.39 is 0 Å². The van der Waals surface area contributed by atoms with Gasteiger partial charge in [-0.25, -0.2) is 4.39 Å². The number of hydrogen-bond donors (Lipinski definition) is 2. The van der Waals surface area contributed by atoms with E-state index in [1.807, 2.05) is 13.0 Å². The molecule has 3 N–H and O–H groups in total. The molecule has 2 rings (SSSR count). The second kappa shape index (κ2) is 5.96. The van der Waals surface area contributed by atoms with Gasteiger partial charge in [0.2, 0.25) is 0 Å². The summed E-state index contributed by atoms with van der Waals surface area (Å²) < 4.78 is 13.6. The number of rotatable bonds is 4. The summed E-state index contributed by atoms with van der Waals surface area (Å²) in [7, 11) is 0. The third-order valence-electron chi connectivity index (χ3n) is 3.15. The third kappa shape index (κ3) is 3.11. The van der Waals surface area contributed by atoms with Crippen molar-refractivity contribution in [2.45, 2.75) is 19.9 Å². The minimum atomic E-state index is -0.211. The Morgan fingerprint density at radius 2 is 2.15 bits per heavy atom. The normalized spacial score (nSPS) is 11.9. The van der Waals surface area contributed by atoms with Gasteiger partial charge in [-0.15, -0.1) is 0 Å². The van der Waals surface area contributed by atoms with Gasteiger partial charge in [-0.1, -0.05) is 24.4 Å². The summed E-state index contributed by atoms with van der Waals surface area (Å²) in [6.45, 7) is 3.68. The topological polar surface area (TPSA) is 50.9 Å². The number of benzene rings is 1. The largest absolute Gasteiger partial charge is 0.389 e. The van der Waals surface area contributed by atoms with Crippen LogP contribution >= 0.6 is 12.2 Å². The second-order valence-corrected chi connectivity index (χ2v) is 5.10. The van der Waals surface area contributed by atoms with Gasteiger partial charge in [0, 0.05) is 17.8 Å². The molecule has 0 radical (unpaired) electrons. The fourth-order valence-corrected chi connectivity index (χ4v) is 2.10. The van der Waals surface area contributed by atoms with Crippen LogP contribution in [0, 0.1) is 12.7 Å². The lowest BCUT2D eigenvalue weighted by Crippen LogP contribution is -2.15. The molecule has 2 aromatic rings. The third-order valence-corrected chi connectivity index (χ3v) is 3.37. The average molecular weight is 289 g/mol. The van der Waals surface area contributed by atoms with Gasteiger partial charge in [0.25, 0.3) is 0 Å². The lowest BCUT2D eigenvalue weighted by molar-refractivity contribution is 0.614. The average Bonchev–Trinajstić information content (AvgIpc) is 2.42. The Morgan fingerprint density at radius 1 is 1.40 bits per heavy atom. The fourth-order valence-electron chi connectivity index (χ4n) is 1.92. The molecule has 5 heteroatoms. The van der Waals surface area contributed by atoms with E-state index in [4.69, 9.17) is 18.0 Å². The van der Waals surface area contributed by atoms with Crippen molar-refractivity contribution >= 4 is 22.9 Å². The molecular formula is C15H16FN3S. The zero-order valence-electron chi connectivity index (χ0n) is 11.4. The number of pyridine rings is 1. The highest BCUT2D eigenvalue weighted by Crippen LogP contribution is 2.23. The van der Waals surface area contributed by atoms with Crippen molar-refractivity contribution in [1.82, 2.24) is 4.98 Å². The number of nitrogens with one attached hydrogen (secondary N) is 1. The molecule has 0 fully saturated rings. The molecule has 3 nitrogen and oxygen atoms in total. The molecule has 0 aliphatic heterocycles. The highest BCUT2D eigenvalue weighted by Gasteiger charge is 2.11. The van der Waals surface area contributed by atoms with Crippen molar-refractivity contribution in [1.29, 1.82) is 0 Å². The number of aromatic nitrogens is 1. The van der Waals surface area contributed by atoms with E-state index in [9.17, 15) is 4.39 Å². The van der Waals surface area contributed by atoms with Crippen molar-refractivity contribution in [2.75, 3.05) is 5.32 Å². The smallest absolute Gasteiger partial charge is 0.126 e. The monoisotopic (exact) mass is 289 g/mol. The molecule has 0 aliphatic rings. The highest BCUT2D eigenvalue weighted by molar-refractivity contribution is 7.80. The second-order valence-electron chi connectivity index (χ2n) is 4.66. The Kier molecular flexibility index (Phi) is 4.29. The Labute approximate surface area is 123 Å². The Balaban J connectivity index is 2.25. The van der Waals surface area contributed by atoms with Gasteiger partial charge in [0.05, 0.1) is 11.9 Å². The molecule has 1 unspecified atom stereocenters. The van der Waals surface area contributed by atoms with Crippen molar-refractivity contribution in [2.24, 2.45) is 5.73 Å². The van der Waals surface area contributed by atoms with Gasteiger partial charge in [-0.3, -0.25) is 4.98 Å². The number of thiocarbonyl (C=S) groups is 1. The molecule has 1 heterocycles. The number of hydrogen-bond acceptors (Lipinski definition) is 3. The number of nitrogens with two attached hydrogens (primary N) is 1. The summed E-state index contributed by atoms with van der Waals surface area (Å²) in [5, 5.41) is 3.26. The summed E-state index contributed by atoms with van der Waals surface area (Å²) in [5.74, 6) is -0.211. The van der Waals surface area contributed by atoms with E-state index in [2.05, 4.69) is 10.3 Å². The van der Waals surface area contributed by atoms with Crippen molar-refractivity contribution in [3.05, 3.63) is 59.2 Å². The Hall–Kier alpha value is -2.01. The molecule has 0 spiro atoms. The zero-order valence-corrected chi connectivity index (χ0v) is 12.2. The summed E-state index contributed by atoms with van der Waals surface area (Å²) in [6, 6.07) is 6.87. The quantitative estimate of drug-likeness (QED) is 0.848.